The van der Waals surface area contributed by atoms with Crippen molar-refractivity contribution in [2.45, 2.75) is 45.7 Å². The lowest BCUT2D eigenvalue weighted by Crippen LogP contribution is -2.49. The van der Waals surface area contributed by atoms with Crippen molar-refractivity contribution in [3.05, 3.63) is 35.4 Å². The molecule has 1 aliphatic carbocycles. The van der Waals surface area contributed by atoms with Gasteiger partial charge in [-0.15, -0.1) is 0 Å². The van der Waals surface area contributed by atoms with E-state index in [-0.39, 0.29) is 11.9 Å². The van der Waals surface area contributed by atoms with Crippen molar-refractivity contribution in [2.75, 3.05) is 6.54 Å². The summed E-state index contributed by atoms with van der Waals surface area (Å²) < 4.78 is 0. The molecule has 1 aromatic rings. The van der Waals surface area contributed by atoms with E-state index in [4.69, 9.17) is 0 Å². The zero-order valence-electron chi connectivity index (χ0n) is 12.4. The maximum absolute atomic E-state index is 12.3. The fraction of sp³-hybridized carbons (Fsp3) is 0.588. The largest absolute Gasteiger partial charge is 0.354 e. The highest BCUT2D eigenvalue weighted by molar-refractivity contribution is 5.82. The number of benzene rings is 1. The Morgan fingerprint density at radius 2 is 2.05 bits per heavy atom. The zero-order chi connectivity index (χ0) is 14.2. The predicted molar refractivity (Wildman–Crippen MR) is 80.3 cm³/mol. The summed E-state index contributed by atoms with van der Waals surface area (Å²) in [6.07, 6.45) is 3.31. The van der Waals surface area contributed by atoms with Crippen LogP contribution in [-0.2, 0) is 17.8 Å². The molecule has 1 saturated carbocycles. The van der Waals surface area contributed by atoms with E-state index in [2.05, 4.69) is 48.7 Å². The van der Waals surface area contributed by atoms with E-state index < -0.39 is 0 Å². The van der Waals surface area contributed by atoms with Crippen LogP contribution in [0.3, 0.4) is 0 Å². The molecule has 108 valence electrons. The van der Waals surface area contributed by atoms with Crippen LogP contribution in [0.2, 0.25) is 0 Å². The highest BCUT2D eigenvalue weighted by Crippen LogP contribution is 2.51. The summed E-state index contributed by atoms with van der Waals surface area (Å²) in [5.41, 5.74) is 3.00. The molecule has 0 saturated heterocycles. The van der Waals surface area contributed by atoms with Gasteiger partial charge in [-0.05, 0) is 41.7 Å². The molecule has 0 aromatic heterocycles. The molecule has 3 nitrogen and oxygen atoms in total. The second-order valence-electron chi connectivity index (χ2n) is 6.64. The van der Waals surface area contributed by atoms with Gasteiger partial charge in [0.05, 0.1) is 6.04 Å². The molecule has 20 heavy (non-hydrogen) atoms. The third kappa shape index (κ3) is 2.59. The van der Waals surface area contributed by atoms with Crippen molar-refractivity contribution in [3.63, 3.8) is 0 Å². The first-order valence-corrected chi connectivity index (χ1v) is 7.69. The van der Waals surface area contributed by atoms with Crippen LogP contribution in [-0.4, -0.2) is 18.5 Å². The van der Waals surface area contributed by atoms with Crippen molar-refractivity contribution < 1.29 is 4.79 Å². The second kappa shape index (κ2) is 5.21. The molecule has 2 aliphatic rings. The Morgan fingerprint density at radius 3 is 2.70 bits per heavy atom. The normalized spacial score (nSPS) is 23.2. The Balaban J connectivity index is 1.57. The molecule has 0 spiro atoms. The van der Waals surface area contributed by atoms with Crippen LogP contribution in [0.4, 0.5) is 0 Å². The quantitative estimate of drug-likeness (QED) is 0.882. The number of hydrogen-bond acceptors (Lipinski definition) is 2. The number of nitrogens with one attached hydrogen (secondary N) is 2. The molecular formula is C17H24N2O. The van der Waals surface area contributed by atoms with Gasteiger partial charge in [0.25, 0.3) is 0 Å². The van der Waals surface area contributed by atoms with Gasteiger partial charge in [0.1, 0.15) is 0 Å². The van der Waals surface area contributed by atoms with Gasteiger partial charge in [-0.2, -0.15) is 0 Å². The van der Waals surface area contributed by atoms with Gasteiger partial charge in [-0.25, -0.2) is 0 Å². The van der Waals surface area contributed by atoms with Gasteiger partial charge in [-0.1, -0.05) is 38.1 Å². The summed E-state index contributed by atoms with van der Waals surface area (Å²) in [5.74, 6) is 0.814. The molecule has 2 N–H and O–H groups in total. The molecule has 1 atom stereocenters. The fourth-order valence-electron chi connectivity index (χ4n) is 3.14. The lowest BCUT2D eigenvalue weighted by Gasteiger charge is -2.27. The second-order valence-corrected chi connectivity index (χ2v) is 6.64. The Hall–Kier alpha value is -1.35. The van der Waals surface area contributed by atoms with Gasteiger partial charge in [-0.3, -0.25) is 4.79 Å². The predicted octanol–water partition coefficient (Wildman–Crippen LogP) is 2.25. The average molecular weight is 272 g/mol. The van der Waals surface area contributed by atoms with Crippen molar-refractivity contribution in [1.82, 2.24) is 10.6 Å². The van der Waals surface area contributed by atoms with Gasteiger partial charge in [0, 0.05) is 13.1 Å². The number of rotatable bonds is 4. The van der Waals surface area contributed by atoms with Crippen molar-refractivity contribution in [1.29, 1.82) is 0 Å². The minimum Gasteiger partial charge on any atom is -0.354 e. The highest BCUT2D eigenvalue weighted by atomic mass is 16.2. The van der Waals surface area contributed by atoms with Crippen LogP contribution in [0.15, 0.2) is 24.3 Å². The summed E-state index contributed by atoms with van der Waals surface area (Å²) in [5, 5.41) is 6.51. The summed E-state index contributed by atoms with van der Waals surface area (Å²) >= 11 is 0. The number of carbonyl (C=O) groups is 1. The van der Waals surface area contributed by atoms with Crippen LogP contribution in [0.25, 0.3) is 0 Å². The van der Waals surface area contributed by atoms with E-state index in [1.807, 2.05) is 0 Å². The topological polar surface area (TPSA) is 41.1 Å². The minimum atomic E-state index is -0.0761. The minimum absolute atomic E-state index is 0.0761. The number of hydrogen-bond donors (Lipinski definition) is 2. The van der Waals surface area contributed by atoms with Gasteiger partial charge in [0.15, 0.2) is 0 Å². The van der Waals surface area contributed by atoms with E-state index >= 15 is 0 Å². The first kappa shape index (κ1) is 13.6. The molecule has 3 rings (SSSR count). The third-order valence-corrected chi connectivity index (χ3v) is 5.13. The summed E-state index contributed by atoms with van der Waals surface area (Å²) in [6.45, 7) is 6.15. The molecule has 1 aromatic carbocycles. The van der Waals surface area contributed by atoms with Crippen LogP contribution >= 0.6 is 0 Å². The third-order valence-electron chi connectivity index (χ3n) is 5.13. The Bertz CT molecular complexity index is 505. The Labute approximate surface area is 121 Å². The highest BCUT2D eigenvalue weighted by Gasteiger charge is 2.45. The van der Waals surface area contributed by atoms with Crippen LogP contribution in [0, 0.1) is 11.3 Å². The van der Waals surface area contributed by atoms with E-state index in [1.165, 1.54) is 24.0 Å². The molecule has 1 amide bonds. The number of fused-ring (bicyclic) bond motifs is 1. The molecule has 1 heterocycles. The van der Waals surface area contributed by atoms with Crippen LogP contribution < -0.4 is 10.6 Å². The lowest BCUT2D eigenvalue weighted by molar-refractivity contribution is -0.123. The molecule has 1 unspecified atom stereocenters. The number of amides is 1. The Kier molecular flexibility index (Phi) is 3.55. The molecular weight excluding hydrogens is 248 g/mol. The van der Waals surface area contributed by atoms with Crippen molar-refractivity contribution in [3.8, 4) is 0 Å². The van der Waals surface area contributed by atoms with E-state index in [0.717, 1.165) is 19.5 Å². The summed E-state index contributed by atoms with van der Waals surface area (Å²) in [6, 6.07) is 8.30. The maximum atomic E-state index is 12.3. The average Bonchev–Trinajstić information content (AvgIpc) is 3.25. The standard InChI is InChI=1S/C17H24N2O/c1-12(2)17(7-8-17)11-19-16(20)15-9-13-5-3-4-6-14(13)10-18-15/h3-6,12,15,18H,7-11H2,1-2H3,(H,19,20). The van der Waals surface area contributed by atoms with E-state index in [0.29, 0.717) is 11.3 Å². The van der Waals surface area contributed by atoms with Gasteiger partial charge >= 0.3 is 0 Å². The first-order chi connectivity index (χ1) is 9.61. The van der Waals surface area contributed by atoms with Crippen molar-refractivity contribution in [2.24, 2.45) is 11.3 Å². The smallest absolute Gasteiger partial charge is 0.237 e. The van der Waals surface area contributed by atoms with E-state index in [1.54, 1.807) is 0 Å². The van der Waals surface area contributed by atoms with Gasteiger partial charge in [0.2, 0.25) is 5.91 Å². The van der Waals surface area contributed by atoms with Crippen LogP contribution in [0.5, 0.6) is 0 Å². The Morgan fingerprint density at radius 1 is 1.35 bits per heavy atom. The lowest BCUT2D eigenvalue weighted by atomic mass is 9.92. The SMILES string of the molecule is CC(C)C1(CNC(=O)C2Cc3ccccc3CN2)CC1. The van der Waals surface area contributed by atoms with Crippen molar-refractivity contribution >= 4 is 5.91 Å². The molecule has 0 bridgehead atoms. The van der Waals surface area contributed by atoms with Gasteiger partial charge < -0.3 is 10.6 Å². The maximum Gasteiger partial charge on any atom is 0.237 e. The summed E-state index contributed by atoms with van der Waals surface area (Å²) in [7, 11) is 0. The fourth-order valence-corrected chi connectivity index (χ4v) is 3.14. The first-order valence-electron chi connectivity index (χ1n) is 7.69. The molecule has 3 heteroatoms. The van der Waals surface area contributed by atoms with E-state index in [9.17, 15) is 4.79 Å². The zero-order valence-corrected chi connectivity index (χ0v) is 12.4. The monoisotopic (exact) mass is 272 g/mol. The summed E-state index contributed by atoms with van der Waals surface area (Å²) in [4.78, 5) is 12.3. The molecule has 1 fully saturated rings. The van der Waals surface area contributed by atoms with Crippen LogP contribution in [0.1, 0.15) is 37.8 Å². The molecule has 0 radical (unpaired) electrons. The number of carbonyl (C=O) groups excluding carboxylic acids is 1. The molecule has 1 aliphatic heterocycles.